The third kappa shape index (κ3) is 2.14. The maximum atomic E-state index is 13.4. The van der Waals surface area contributed by atoms with Crippen molar-refractivity contribution in [3.8, 4) is 5.75 Å². The largest absolute Gasteiger partial charge is 0.503 e. The first-order valence-corrected chi connectivity index (χ1v) is 5.98. The van der Waals surface area contributed by atoms with Gasteiger partial charge in [0.1, 0.15) is 0 Å². The van der Waals surface area contributed by atoms with Crippen LogP contribution in [0.25, 0.3) is 0 Å². The predicted octanol–water partition coefficient (Wildman–Crippen LogP) is 2.83. The van der Waals surface area contributed by atoms with Crippen LogP contribution in [0.15, 0.2) is 12.1 Å². The van der Waals surface area contributed by atoms with Crippen LogP contribution >= 0.6 is 0 Å². The lowest BCUT2D eigenvalue weighted by Gasteiger charge is -2.36. The second-order valence-electron chi connectivity index (χ2n) is 4.83. The zero-order valence-electron chi connectivity index (χ0n) is 9.68. The number of aromatic hydroxyl groups is 1. The third-order valence-corrected chi connectivity index (χ3v) is 3.83. The molecule has 1 aromatic rings. The lowest BCUT2D eigenvalue weighted by molar-refractivity contribution is 0.297. The molecule has 0 unspecified atom stereocenters. The molecule has 94 valence electrons. The quantitative estimate of drug-likeness (QED) is 0.836. The van der Waals surface area contributed by atoms with Gasteiger partial charge in [0.2, 0.25) is 0 Å². The topological polar surface area (TPSA) is 46.2 Å². The summed E-state index contributed by atoms with van der Waals surface area (Å²) in [4.78, 5) is 0. The highest BCUT2D eigenvalue weighted by atomic mass is 19.1. The van der Waals surface area contributed by atoms with Crippen LogP contribution in [0.2, 0.25) is 0 Å². The highest BCUT2D eigenvalue weighted by Crippen LogP contribution is 2.40. The molecule has 2 rings (SSSR count). The fourth-order valence-corrected chi connectivity index (χ4v) is 2.71. The van der Waals surface area contributed by atoms with Crippen LogP contribution in [0.5, 0.6) is 5.75 Å². The van der Waals surface area contributed by atoms with Crippen LogP contribution in [-0.2, 0) is 5.41 Å². The molecule has 0 spiro atoms. The second kappa shape index (κ2) is 4.61. The van der Waals surface area contributed by atoms with Gasteiger partial charge in [-0.2, -0.15) is 0 Å². The Labute approximate surface area is 99.4 Å². The summed E-state index contributed by atoms with van der Waals surface area (Å²) in [5.74, 6) is -2.71. The van der Waals surface area contributed by atoms with Crippen molar-refractivity contribution >= 4 is 0 Å². The standard InChI is InChI=1S/C13H17F2NO/c14-10-6-9(7-11(15)12(10)17)13(8-16)4-2-1-3-5-13/h6-7,17H,1-5,8,16H2. The number of rotatable bonds is 2. The van der Waals surface area contributed by atoms with Crippen molar-refractivity contribution in [3.63, 3.8) is 0 Å². The van der Waals surface area contributed by atoms with Crippen molar-refractivity contribution in [1.29, 1.82) is 0 Å². The summed E-state index contributed by atoms with van der Waals surface area (Å²) in [6.45, 7) is 0.386. The first kappa shape index (κ1) is 12.3. The molecule has 0 aliphatic heterocycles. The Balaban J connectivity index is 2.43. The van der Waals surface area contributed by atoms with Crippen molar-refractivity contribution in [2.24, 2.45) is 5.73 Å². The minimum absolute atomic E-state index is 0.326. The summed E-state index contributed by atoms with van der Waals surface area (Å²) in [5, 5.41) is 9.10. The van der Waals surface area contributed by atoms with Crippen LogP contribution < -0.4 is 5.73 Å². The fraction of sp³-hybridized carbons (Fsp3) is 0.538. The molecule has 1 fully saturated rings. The van der Waals surface area contributed by atoms with Crippen molar-refractivity contribution < 1.29 is 13.9 Å². The van der Waals surface area contributed by atoms with E-state index in [0.29, 0.717) is 12.1 Å². The monoisotopic (exact) mass is 241 g/mol. The zero-order chi connectivity index (χ0) is 12.5. The third-order valence-electron chi connectivity index (χ3n) is 3.83. The second-order valence-corrected chi connectivity index (χ2v) is 4.83. The van der Waals surface area contributed by atoms with Gasteiger partial charge in [0, 0.05) is 12.0 Å². The number of nitrogens with two attached hydrogens (primary N) is 1. The predicted molar refractivity (Wildman–Crippen MR) is 61.8 cm³/mol. The van der Waals surface area contributed by atoms with Crippen LogP contribution in [0.4, 0.5) is 8.78 Å². The Morgan fingerprint density at radius 1 is 1.12 bits per heavy atom. The maximum absolute atomic E-state index is 13.4. The van der Waals surface area contributed by atoms with Crippen molar-refractivity contribution in [2.75, 3.05) is 6.54 Å². The minimum Gasteiger partial charge on any atom is -0.503 e. The Morgan fingerprint density at radius 2 is 1.65 bits per heavy atom. The number of phenols is 1. The van der Waals surface area contributed by atoms with Gasteiger partial charge in [-0.15, -0.1) is 0 Å². The van der Waals surface area contributed by atoms with E-state index < -0.39 is 17.4 Å². The van der Waals surface area contributed by atoms with Crippen molar-refractivity contribution in [2.45, 2.75) is 37.5 Å². The molecule has 0 atom stereocenters. The highest BCUT2D eigenvalue weighted by molar-refractivity contribution is 5.35. The van der Waals surface area contributed by atoms with E-state index in [1.54, 1.807) is 0 Å². The van der Waals surface area contributed by atoms with Gasteiger partial charge >= 0.3 is 0 Å². The molecule has 1 saturated carbocycles. The first-order valence-electron chi connectivity index (χ1n) is 5.98. The Morgan fingerprint density at radius 3 is 2.12 bits per heavy atom. The Kier molecular flexibility index (Phi) is 3.33. The molecule has 1 aliphatic carbocycles. The van der Waals surface area contributed by atoms with Crippen molar-refractivity contribution in [1.82, 2.24) is 0 Å². The van der Waals surface area contributed by atoms with E-state index in [4.69, 9.17) is 10.8 Å². The van der Waals surface area contributed by atoms with Gasteiger partial charge in [-0.3, -0.25) is 0 Å². The van der Waals surface area contributed by atoms with Gasteiger partial charge in [-0.05, 0) is 30.5 Å². The summed E-state index contributed by atoms with van der Waals surface area (Å²) in [6, 6.07) is 2.44. The molecule has 0 radical (unpaired) electrons. The molecule has 0 saturated heterocycles. The fourth-order valence-electron chi connectivity index (χ4n) is 2.71. The average molecular weight is 241 g/mol. The summed E-state index contributed by atoms with van der Waals surface area (Å²) in [6.07, 6.45) is 4.91. The molecule has 0 bridgehead atoms. The van der Waals surface area contributed by atoms with E-state index in [1.165, 1.54) is 12.1 Å². The minimum atomic E-state index is -0.906. The SMILES string of the molecule is NCC1(c2cc(F)c(O)c(F)c2)CCCCC1. The van der Waals surface area contributed by atoms with Gasteiger partial charge < -0.3 is 10.8 Å². The van der Waals surface area contributed by atoms with E-state index in [0.717, 1.165) is 32.1 Å². The van der Waals surface area contributed by atoms with Crippen molar-refractivity contribution in [3.05, 3.63) is 29.3 Å². The van der Waals surface area contributed by atoms with E-state index in [9.17, 15) is 8.78 Å². The van der Waals surface area contributed by atoms with Gasteiger partial charge in [-0.1, -0.05) is 19.3 Å². The van der Waals surface area contributed by atoms with Crippen LogP contribution in [0, 0.1) is 11.6 Å². The van der Waals surface area contributed by atoms with Crippen LogP contribution in [0.1, 0.15) is 37.7 Å². The molecule has 0 aromatic heterocycles. The average Bonchev–Trinajstić information content (AvgIpc) is 2.36. The molecule has 1 aromatic carbocycles. The summed E-state index contributed by atoms with van der Waals surface area (Å²) in [7, 11) is 0. The summed E-state index contributed by atoms with van der Waals surface area (Å²) in [5.41, 5.74) is 6.05. The molecule has 2 nitrogen and oxygen atoms in total. The summed E-state index contributed by atoms with van der Waals surface area (Å²) >= 11 is 0. The normalized spacial score (nSPS) is 19.2. The van der Waals surface area contributed by atoms with E-state index >= 15 is 0 Å². The number of hydrogen-bond donors (Lipinski definition) is 2. The van der Waals surface area contributed by atoms with Crippen LogP contribution in [-0.4, -0.2) is 11.7 Å². The molecular weight excluding hydrogens is 224 g/mol. The lowest BCUT2D eigenvalue weighted by Crippen LogP contribution is -2.37. The molecule has 17 heavy (non-hydrogen) atoms. The highest BCUT2D eigenvalue weighted by Gasteiger charge is 2.33. The van der Waals surface area contributed by atoms with Crippen LogP contribution in [0.3, 0.4) is 0 Å². The van der Waals surface area contributed by atoms with Gasteiger partial charge in [0.05, 0.1) is 0 Å². The smallest absolute Gasteiger partial charge is 0.187 e. The molecular formula is C13H17F2NO. The number of hydrogen-bond acceptors (Lipinski definition) is 2. The van der Waals surface area contributed by atoms with E-state index in [2.05, 4.69) is 0 Å². The van der Waals surface area contributed by atoms with E-state index in [-0.39, 0.29) is 5.41 Å². The Bertz CT molecular complexity index is 391. The number of benzene rings is 1. The molecule has 4 heteroatoms. The number of phenolic OH excluding ortho intramolecular Hbond substituents is 1. The summed E-state index contributed by atoms with van der Waals surface area (Å²) < 4.78 is 26.7. The molecule has 0 heterocycles. The maximum Gasteiger partial charge on any atom is 0.187 e. The molecule has 0 amide bonds. The molecule has 1 aliphatic rings. The number of halogens is 2. The first-order chi connectivity index (χ1) is 8.09. The van der Waals surface area contributed by atoms with E-state index in [1.807, 2.05) is 0 Å². The van der Waals surface area contributed by atoms with Gasteiger partial charge in [0.25, 0.3) is 0 Å². The molecule has 3 N–H and O–H groups in total. The Hall–Kier alpha value is -1.16. The lowest BCUT2D eigenvalue weighted by atomic mass is 9.69. The van der Waals surface area contributed by atoms with Gasteiger partial charge in [-0.25, -0.2) is 8.78 Å². The zero-order valence-corrected chi connectivity index (χ0v) is 9.68. The van der Waals surface area contributed by atoms with Gasteiger partial charge in [0.15, 0.2) is 17.4 Å².